The van der Waals surface area contributed by atoms with Gasteiger partial charge < -0.3 is 34.5 Å². The average Bonchev–Trinajstić information content (AvgIpc) is 2.99. The van der Waals surface area contributed by atoms with E-state index in [0.717, 1.165) is 5.52 Å². The number of aliphatic hydroxyl groups is 4. The van der Waals surface area contributed by atoms with Crippen molar-refractivity contribution in [3.63, 3.8) is 0 Å². The maximum absolute atomic E-state index is 12.5. The molecule has 1 aromatic carbocycles. The molecule has 2 aliphatic rings. The third kappa shape index (κ3) is 1.57. The lowest BCUT2D eigenvalue weighted by Crippen LogP contribution is -2.62. The lowest BCUT2D eigenvalue weighted by Gasteiger charge is -2.40. The summed E-state index contributed by atoms with van der Waals surface area (Å²) < 4.78 is 12.2. The van der Waals surface area contributed by atoms with Crippen LogP contribution in [0.15, 0.2) is 24.3 Å². The summed E-state index contributed by atoms with van der Waals surface area (Å²) >= 11 is 0. The molecule has 0 aliphatic carbocycles. The van der Waals surface area contributed by atoms with Gasteiger partial charge in [0.15, 0.2) is 6.10 Å². The summed E-state index contributed by atoms with van der Waals surface area (Å²) in [7, 11) is 1.76. The molecule has 3 heterocycles. The van der Waals surface area contributed by atoms with Gasteiger partial charge in [-0.05, 0) is 6.07 Å². The Hall–Kier alpha value is -1.97. The van der Waals surface area contributed by atoms with Gasteiger partial charge in [0, 0.05) is 23.5 Å². The molecule has 2 aliphatic heterocycles. The molecule has 0 unspecified atom stereocenters. The van der Waals surface area contributed by atoms with Crippen molar-refractivity contribution in [2.45, 2.75) is 30.2 Å². The predicted molar refractivity (Wildman–Crippen MR) is 79.5 cm³/mol. The molecular weight excluding hydrogens is 318 g/mol. The van der Waals surface area contributed by atoms with Crippen molar-refractivity contribution in [3.8, 4) is 0 Å². The zero-order valence-corrected chi connectivity index (χ0v) is 12.8. The minimum atomic E-state index is -2.50. The van der Waals surface area contributed by atoms with Crippen LogP contribution in [0.25, 0.3) is 10.9 Å². The largest absolute Gasteiger partial charge is 0.451 e. The molecule has 0 amide bonds. The Labute approximate surface area is 136 Å². The molecule has 2 aromatic rings. The van der Waals surface area contributed by atoms with Crippen LogP contribution in [0.4, 0.5) is 0 Å². The predicted octanol–water partition coefficient (Wildman–Crippen LogP) is -1.14. The fourth-order valence-corrected chi connectivity index (χ4v) is 3.73. The van der Waals surface area contributed by atoms with Gasteiger partial charge in [-0.25, -0.2) is 4.79 Å². The van der Waals surface area contributed by atoms with Gasteiger partial charge in [-0.2, -0.15) is 0 Å². The van der Waals surface area contributed by atoms with Crippen LogP contribution < -0.4 is 0 Å². The third-order valence-corrected chi connectivity index (χ3v) is 4.99. The number of fused-ring (bicyclic) bond motifs is 5. The molecule has 4 atom stereocenters. The van der Waals surface area contributed by atoms with Crippen molar-refractivity contribution < 1.29 is 34.7 Å². The minimum absolute atomic E-state index is 0.0926. The number of hydrogen-bond donors (Lipinski definition) is 4. The van der Waals surface area contributed by atoms with Gasteiger partial charge in [-0.3, -0.25) is 0 Å². The number of cyclic esters (lactones) is 1. The molecule has 8 nitrogen and oxygen atoms in total. The fourth-order valence-electron chi connectivity index (χ4n) is 3.73. The number of aromatic nitrogens is 1. The number of esters is 1. The van der Waals surface area contributed by atoms with Crippen LogP contribution in [0.5, 0.6) is 0 Å². The monoisotopic (exact) mass is 335 g/mol. The van der Waals surface area contributed by atoms with Crippen molar-refractivity contribution in [3.05, 3.63) is 35.5 Å². The Bertz CT molecular complexity index is 846. The van der Waals surface area contributed by atoms with Crippen molar-refractivity contribution >= 4 is 16.9 Å². The smallest absolute Gasteiger partial charge is 0.349 e. The number of aryl methyl sites for hydroxylation is 1. The Morgan fingerprint density at radius 2 is 2.08 bits per heavy atom. The molecule has 0 radical (unpaired) electrons. The van der Waals surface area contributed by atoms with Gasteiger partial charge in [0.05, 0.1) is 18.9 Å². The Kier molecular flexibility index (Phi) is 3.09. The summed E-state index contributed by atoms with van der Waals surface area (Å²) in [6.07, 6.45) is -3.20. The summed E-state index contributed by atoms with van der Waals surface area (Å²) in [6, 6.07) is 7.11. The van der Waals surface area contributed by atoms with Crippen molar-refractivity contribution in [1.29, 1.82) is 0 Å². The summed E-state index contributed by atoms with van der Waals surface area (Å²) in [5.41, 5.74) is -1.02. The fraction of sp³-hybridized carbons (Fsp3) is 0.438. The first kappa shape index (κ1) is 15.6. The summed E-state index contributed by atoms with van der Waals surface area (Å²) in [5.74, 6) is -3.62. The van der Waals surface area contributed by atoms with Gasteiger partial charge in [0.2, 0.25) is 5.60 Å². The van der Waals surface area contributed by atoms with E-state index >= 15 is 0 Å². The average molecular weight is 335 g/mol. The van der Waals surface area contributed by atoms with Crippen molar-refractivity contribution in [1.82, 2.24) is 4.57 Å². The van der Waals surface area contributed by atoms with E-state index in [9.17, 15) is 20.1 Å². The number of carbonyl (C=O) groups excluding carboxylic acids is 1. The Morgan fingerprint density at radius 3 is 2.79 bits per heavy atom. The lowest BCUT2D eigenvalue weighted by molar-refractivity contribution is -0.321. The number of hydrogen-bond acceptors (Lipinski definition) is 7. The highest BCUT2D eigenvalue weighted by molar-refractivity contribution is 5.95. The molecule has 1 fully saturated rings. The van der Waals surface area contributed by atoms with Crippen molar-refractivity contribution in [2.24, 2.45) is 7.05 Å². The summed E-state index contributed by atoms with van der Waals surface area (Å²) in [4.78, 5) is 12.5. The maximum atomic E-state index is 12.5. The second-order valence-electron chi connectivity index (χ2n) is 6.17. The highest BCUT2D eigenvalue weighted by Gasteiger charge is 2.74. The van der Waals surface area contributed by atoms with Crippen LogP contribution in [0, 0.1) is 0 Å². The van der Waals surface area contributed by atoms with E-state index in [1.165, 1.54) is 0 Å². The SMILES string of the molecule is Cn1c2c(c3ccccc31)[C@@]1(O)C(=O)O[C@H]([C@@H](O)CO)[C@@]1(O)OC2. The van der Waals surface area contributed by atoms with Crippen LogP contribution in [0.2, 0.25) is 0 Å². The first-order valence-electron chi connectivity index (χ1n) is 7.51. The van der Waals surface area contributed by atoms with Gasteiger partial charge in [0.1, 0.15) is 6.10 Å². The number of aliphatic hydroxyl groups excluding tert-OH is 2. The van der Waals surface area contributed by atoms with Crippen LogP contribution >= 0.6 is 0 Å². The summed E-state index contributed by atoms with van der Waals surface area (Å²) in [5, 5.41) is 41.7. The zero-order chi connectivity index (χ0) is 17.3. The van der Waals surface area contributed by atoms with Crippen LogP contribution in [0.3, 0.4) is 0 Å². The quantitative estimate of drug-likeness (QED) is 0.512. The van der Waals surface area contributed by atoms with Gasteiger partial charge >= 0.3 is 5.97 Å². The Morgan fingerprint density at radius 1 is 1.38 bits per heavy atom. The van der Waals surface area contributed by atoms with Gasteiger partial charge in [-0.1, -0.05) is 18.2 Å². The topological polar surface area (TPSA) is 121 Å². The number of nitrogens with zero attached hydrogens (tertiary/aromatic N) is 1. The number of carbonyl (C=O) groups is 1. The third-order valence-electron chi connectivity index (χ3n) is 4.99. The number of para-hydroxylation sites is 1. The molecule has 0 spiro atoms. The molecule has 128 valence electrons. The van der Waals surface area contributed by atoms with Crippen LogP contribution in [-0.2, 0) is 33.5 Å². The van der Waals surface area contributed by atoms with E-state index in [0.29, 0.717) is 11.1 Å². The highest BCUT2D eigenvalue weighted by Crippen LogP contribution is 2.52. The van der Waals surface area contributed by atoms with Gasteiger partial charge in [-0.15, -0.1) is 0 Å². The lowest BCUT2D eigenvalue weighted by atomic mass is 9.80. The van der Waals surface area contributed by atoms with Gasteiger partial charge in [0.25, 0.3) is 5.79 Å². The molecule has 4 N–H and O–H groups in total. The number of ether oxygens (including phenoxy) is 2. The first-order chi connectivity index (χ1) is 11.4. The second-order valence-corrected chi connectivity index (χ2v) is 6.17. The molecule has 1 saturated heterocycles. The van der Waals surface area contributed by atoms with E-state index in [1.54, 1.807) is 23.7 Å². The van der Waals surface area contributed by atoms with E-state index < -0.39 is 36.2 Å². The molecule has 1 aromatic heterocycles. The maximum Gasteiger partial charge on any atom is 0.349 e. The van der Waals surface area contributed by atoms with E-state index in [2.05, 4.69) is 0 Å². The van der Waals surface area contributed by atoms with Crippen molar-refractivity contribution in [2.75, 3.05) is 6.61 Å². The van der Waals surface area contributed by atoms with E-state index in [-0.39, 0.29) is 12.2 Å². The molecule has 8 heteroatoms. The molecule has 0 bridgehead atoms. The van der Waals surface area contributed by atoms with E-state index in [1.807, 2.05) is 12.1 Å². The van der Waals surface area contributed by atoms with Crippen LogP contribution in [-0.4, -0.2) is 55.6 Å². The number of rotatable bonds is 2. The summed E-state index contributed by atoms with van der Waals surface area (Å²) in [6.45, 7) is -0.854. The molecular formula is C16H17NO7. The zero-order valence-electron chi connectivity index (χ0n) is 12.8. The molecule has 0 saturated carbocycles. The molecule has 4 rings (SSSR count). The normalized spacial score (nSPS) is 33.2. The van der Waals surface area contributed by atoms with E-state index in [4.69, 9.17) is 14.6 Å². The number of benzene rings is 1. The standard InChI is InChI=1S/C16H17NO7/c1-17-9-5-3-2-4-8(9)12-10(17)7-23-16(22)13(11(19)6-18)24-14(20)15(12,16)21/h2-5,11,13,18-19,21-22H,6-7H2,1H3/t11-,13+,15+,16+/m0/s1. The van der Waals surface area contributed by atoms with Crippen LogP contribution in [0.1, 0.15) is 11.3 Å². The highest BCUT2D eigenvalue weighted by atomic mass is 16.7. The Balaban J connectivity index is 2.01. The second kappa shape index (κ2) is 4.78. The molecule has 24 heavy (non-hydrogen) atoms. The minimum Gasteiger partial charge on any atom is -0.451 e. The first-order valence-corrected chi connectivity index (χ1v) is 7.51.